The molecule has 0 saturated heterocycles. The van der Waals surface area contributed by atoms with Gasteiger partial charge in [-0.25, -0.2) is 4.98 Å². The van der Waals surface area contributed by atoms with E-state index in [1.165, 1.54) is 0 Å². The average molecular weight is 269 g/mol. The monoisotopic (exact) mass is 268 g/mol. The summed E-state index contributed by atoms with van der Waals surface area (Å²) in [4.78, 5) is 15.8. The molecule has 0 amide bonds. The quantitative estimate of drug-likeness (QED) is 0.782. The fourth-order valence-corrected chi connectivity index (χ4v) is 2.64. The van der Waals surface area contributed by atoms with E-state index in [2.05, 4.69) is 4.98 Å². The van der Waals surface area contributed by atoms with Crippen molar-refractivity contribution in [3.63, 3.8) is 0 Å². The van der Waals surface area contributed by atoms with E-state index in [0.717, 1.165) is 30.1 Å². The SMILES string of the molecule is O=c1ccccn1CCCc1nc(CCl)cs1. The molecule has 0 bridgehead atoms. The summed E-state index contributed by atoms with van der Waals surface area (Å²) in [6.45, 7) is 0.732. The molecule has 5 heteroatoms. The highest BCUT2D eigenvalue weighted by Gasteiger charge is 2.01. The Balaban J connectivity index is 1.87. The van der Waals surface area contributed by atoms with Crippen molar-refractivity contribution >= 4 is 22.9 Å². The minimum atomic E-state index is 0.0492. The van der Waals surface area contributed by atoms with Gasteiger partial charge in [0.1, 0.15) is 0 Å². The van der Waals surface area contributed by atoms with Crippen LogP contribution in [0, 0.1) is 0 Å². The molecule has 2 rings (SSSR count). The molecule has 0 radical (unpaired) electrons. The average Bonchev–Trinajstić information content (AvgIpc) is 2.80. The first-order valence-corrected chi connectivity index (χ1v) is 6.86. The first-order valence-electron chi connectivity index (χ1n) is 5.44. The molecule has 2 aromatic heterocycles. The number of hydrogen-bond donors (Lipinski definition) is 0. The van der Waals surface area contributed by atoms with Crippen LogP contribution in [0.15, 0.2) is 34.6 Å². The van der Waals surface area contributed by atoms with E-state index in [1.807, 2.05) is 17.6 Å². The van der Waals surface area contributed by atoms with Crippen molar-refractivity contribution < 1.29 is 0 Å². The van der Waals surface area contributed by atoms with E-state index in [-0.39, 0.29) is 5.56 Å². The van der Waals surface area contributed by atoms with Crippen LogP contribution in [0.2, 0.25) is 0 Å². The molecule has 0 fully saturated rings. The van der Waals surface area contributed by atoms with Crippen molar-refractivity contribution in [1.29, 1.82) is 0 Å². The smallest absolute Gasteiger partial charge is 0.250 e. The highest BCUT2D eigenvalue weighted by Crippen LogP contribution is 2.13. The number of nitrogens with zero attached hydrogens (tertiary/aromatic N) is 2. The fraction of sp³-hybridized carbons (Fsp3) is 0.333. The summed E-state index contributed by atoms with van der Waals surface area (Å²) in [6.07, 6.45) is 3.62. The van der Waals surface area contributed by atoms with E-state index in [9.17, 15) is 4.79 Å². The molecule has 3 nitrogen and oxygen atoms in total. The molecule has 90 valence electrons. The minimum Gasteiger partial charge on any atom is -0.316 e. The molecule has 0 aliphatic heterocycles. The predicted octanol–water partition coefficient (Wildman–Crippen LogP) is 2.68. The maximum absolute atomic E-state index is 11.4. The van der Waals surface area contributed by atoms with Gasteiger partial charge in [0.25, 0.3) is 0 Å². The maximum Gasteiger partial charge on any atom is 0.250 e. The molecule has 0 aliphatic rings. The second-order valence-electron chi connectivity index (χ2n) is 3.70. The van der Waals surface area contributed by atoms with Gasteiger partial charge in [0.2, 0.25) is 5.56 Å². The first-order chi connectivity index (χ1) is 8.29. The topological polar surface area (TPSA) is 34.9 Å². The Bertz CT molecular complexity index is 535. The van der Waals surface area contributed by atoms with Gasteiger partial charge >= 0.3 is 0 Å². The summed E-state index contributed by atoms with van der Waals surface area (Å²) < 4.78 is 1.72. The van der Waals surface area contributed by atoms with E-state index in [4.69, 9.17) is 11.6 Å². The molecule has 0 saturated carbocycles. The third-order valence-electron chi connectivity index (χ3n) is 2.42. The van der Waals surface area contributed by atoms with Gasteiger partial charge in [-0.1, -0.05) is 6.07 Å². The first kappa shape index (κ1) is 12.3. The Morgan fingerprint density at radius 2 is 2.29 bits per heavy atom. The number of halogens is 1. The molecule has 0 spiro atoms. The molecule has 2 aromatic rings. The zero-order valence-corrected chi connectivity index (χ0v) is 10.9. The zero-order valence-electron chi connectivity index (χ0n) is 9.30. The molecule has 17 heavy (non-hydrogen) atoms. The van der Waals surface area contributed by atoms with Gasteiger partial charge in [-0.15, -0.1) is 22.9 Å². The number of alkyl halides is 1. The second kappa shape index (κ2) is 5.98. The van der Waals surface area contributed by atoms with E-state index in [0.29, 0.717) is 5.88 Å². The lowest BCUT2D eigenvalue weighted by Crippen LogP contribution is -2.17. The van der Waals surface area contributed by atoms with Gasteiger partial charge in [-0.3, -0.25) is 4.79 Å². The van der Waals surface area contributed by atoms with Crippen LogP contribution in [0.4, 0.5) is 0 Å². The van der Waals surface area contributed by atoms with Crippen molar-refractivity contribution in [2.24, 2.45) is 0 Å². The predicted molar refractivity (Wildman–Crippen MR) is 70.7 cm³/mol. The number of hydrogen-bond acceptors (Lipinski definition) is 3. The van der Waals surface area contributed by atoms with Crippen molar-refractivity contribution in [1.82, 2.24) is 9.55 Å². The molecule has 0 unspecified atom stereocenters. The van der Waals surface area contributed by atoms with Crippen molar-refractivity contribution in [2.45, 2.75) is 25.3 Å². The van der Waals surface area contributed by atoms with Crippen LogP contribution in [0.5, 0.6) is 0 Å². The van der Waals surface area contributed by atoms with Crippen LogP contribution in [0.1, 0.15) is 17.1 Å². The Morgan fingerprint density at radius 1 is 1.41 bits per heavy atom. The normalized spacial score (nSPS) is 10.6. The third kappa shape index (κ3) is 3.41. The molecule has 2 heterocycles. The second-order valence-corrected chi connectivity index (χ2v) is 4.91. The van der Waals surface area contributed by atoms with Crippen LogP contribution in [-0.2, 0) is 18.8 Å². The van der Waals surface area contributed by atoms with E-state index >= 15 is 0 Å². The van der Waals surface area contributed by atoms with Gasteiger partial charge in [-0.2, -0.15) is 0 Å². The van der Waals surface area contributed by atoms with Crippen molar-refractivity contribution in [3.8, 4) is 0 Å². The molecule has 0 aromatic carbocycles. The highest BCUT2D eigenvalue weighted by molar-refractivity contribution is 7.09. The Kier molecular flexibility index (Phi) is 4.34. The molecule has 0 N–H and O–H groups in total. The number of thiazole rings is 1. The standard InChI is InChI=1S/C12H13ClN2OS/c13-8-10-9-17-11(14-10)4-3-7-15-6-2-1-5-12(15)16/h1-2,5-6,9H,3-4,7-8H2. The summed E-state index contributed by atoms with van der Waals surface area (Å²) in [7, 11) is 0. The maximum atomic E-state index is 11.4. The van der Waals surface area contributed by atoms with Crippen LogP contribution in [0.3, 0.4) is 0 Å². The van der Waals surface area contributed by atoms with Gasteiger partial charge < -0.3 is 4.57 Å². The van der Waals surface area contributed by atoms with Crippen LogP contribution >= 0.6 is 22.9 Å². The summed E-state index contributed by atoms with van der Waals surface area (Å²) >= 11 is 7.32. The Hall–Kier alpha value is -1.13. The van der Waals surface area contributed by atoms with Crippen LogP contribution in [-0.4, -0.2) is 9.55 Å². The molecular weight excluding hydrogens is 256 g/mol. The lowest BCUT2D eigenvalue weighted by atomic mass is 10.3. The Labute approximate surface area is 109 Å². The number of pyridine rings is 1. The third-order valence-corrected chi connectivity index (χ3v) is 3.66. The van der Waals surface area contributed by atoms with Gasteiger partial charge in [0, 0.05) is 30.6 Å². The number of rotatable bonds is 5. The highest BCUT2D eigenvalue weighted by atomic mass is 35.5. The van der Waals surface area contributed by atoms with Gasteiger partial charge in [0.05, 0.1) is 16.6 Å². The van der Waals surface area contributed by atoms with E-state index < -0.39 is 0 Å². The molecule has 0 aliphatic carbocycles. The van der Waals surface area contributed by atoms with Crippen LogP contribution in [0.25, 0.3) is 0 Å². The lowest BCUT2D eigenvalue weighted by Gasteiger charge is -2.02. The summed E-state index contributed by atoms with van der Waals surface area (Å²) in [5.74, 6) is 0.467. The van der Waals surface area contributed by atoms with Gasteiger partial charge in [-0.05, 0) is 12.5 Å². The summed E-state index contributed by atoms with van der Waals surface area (Å²) in [5.41, 5.74) is 0.983. The van der Waals surface area contributed by atoms with E-state index in [1.54, 1.807) is 28.0 Å². The van der Waals surface area contributed by atoms with Crippen molar-refractivity contribution in [3.05, 3.63) is 50.8 Å². The van der Waals surface area contributed by atoms with Crippen molar-refractivity contribution in [2.75, 3.05) is 0 Å². The molecular formula is C12H13ClN2OS. The number of aryl methyl sites for hydroxylation is 2. The summed E-state index contributed by atoms with van der Waals surface area (Å²) in [6, 6.07) is 5.21. The van der Waals surface area contributed by atoms with Gasteiger partial charge in [0.15, 0.2) is 0 Å². The Morgan fingerprint density at radius 3 is 3.00 bits per heavy atom. The minimum absolute atomic E-state index is 0.0492. The zero-order chi connectivity index (χ0) is 12.1. The number of aromatic nitrogens is 2. The lowest BCUT2D eigenvalue weighted by molar-refractivity contribution is 0.621. The largest absolute Gasteiger partial charge is 0.316 e. The van der Waals surface area contributed by atoms with Crippen LogP contribution < -0.4 is 5.56 Å². The molecule has 0 atom stereocenters. The fourth-order valence-electron chi connectivity index (χ4n) is 1.57. The summed E-state index contributed by atoms with van der Waals surface area (Å²) in [5, 5.41) is 3.07.